The van der Waals surface area contributed by atoms with Crippen molar-refractivity contribution in [3.8, 4) is 0 Å². The second kappa shape index (κ2) is 14.6. The van der Waals surface area contributed by atoms with Gasteiger partial charge in [-0.25, -0.2) is 15.4 Å². The molecule has 1 aliphatic heterocycles. The van der Waals surface area contributed by atoms with Gasteiger partial charge in [0, 0.05) is 6.54 Å². The quantitative estimate of drug-likeness (QED) is 0.145. The summed E-state index contributed by atoms with van der Waals surface area (Å²) in [7, 11) is 0. The maximum Gasteiger partial charge on any atom is 0.226 e. The van der Waals surface area contributed by atoms with Crippen LogP contribution in [0.25, 0.3) is 11.2 Å². The Hall–Kier alpha value is -1.48. The lowest BCUT2D eigenvalue weighted by Gasteiger charge is -2.09. The SMILES string of the molecule is Clc1nc(Cl)c2c(ncn2CCCCCCCCCCCCCCCCN2N=C[NH2+]N2)n1. The van der Waals surface area contributed by atoms with Crippen LogP contribution in [0.5, 0.6) is 0 Å². The third-order valence-corrected chi connectivity index (χ3v) is 6.36. The fraction of sp³-hybridized carbons (Fsp3) is 0.727. The molecule has 0 bridgehead atoms. The van der Waals surface area contributed by atoms with Gasteiger partial charge in [0.2, 0.25) is 11.6 Å². The predicted molar refractivity (Wildman–Crippen MR) is 130 cm³/mol. The van der Waals surface area contributed by atoms with Crippen LogP contribution in [0.15, 0.2) is 11.4 Å². The van der Waals surface area contributed by atoms with Gasteiger partial charge in [0.25, 0.3) is 0 Å². The third kappa shape index (κ3) is 8.81. The van der Waals surface area contributed by atoms with Gasteiger partial charge in [-0.2, -0.15) is 10.1 Å². The Bertz CT molecular complexity index is 826. The monoisotopic (exact) mass is 483 g/mol. The summed E-state index contributed by atoms with van der Waals surface area (Å²) in [5.41, 5.74) is 6.31. The fourth-order valence-electron chi connectivity index (χ4n) is 4.13. The summed E-state index contributed by atoms with van der Waals surface area (Å²) in [5, 5.41) is 6.62. The molecule has 3 rings (SSSR count). The largest absolute Gasteiger partial charge is 0.327 e. The predicted octanol–water partition coefficient (Wildman–Crippen LogP) is 4.84. The first-order valence-corrected chi connectivity index (χ1v) is 12.9. The summed E-state index contributed by atoms with van der Waals surface area (Å²) in [4.78, 5) is 12.4. The molecule has 0 amide bonds. The molecule has 0 spiro atoms. The highest BCUT2D eigenvalue weighted by atomic mass is 35.5. The highest BCUT2D eigenvalue weighted by Crippen LogP contribution is 2.22. The number of fused-ring (bicyclic) bond motifs is 1. The molecule has 3 N–H and O–H groups in total. The highest BCUT2D eigenvalue weighted by molar-refractivity contribution is 6.35. The van der Waals surface area contributed by atoms with Crippen LogP contribution in [-0.4, -0.2) is 37.5 Å². The minimum absolute atomic E-state index is 0.143. The average Bonchev–Trinajstić information content (AvgIpc) is 3.43. The molecule has 0 atom stereocenters. The molecule has 10 heteroatoms. The summed E-state index contributed by atoms with van der Waals surface area (Å²) in [6.07, 6.45) is 22.1. The number of nitrogens with two attached hydrogens (primary N) is 1. The van der Waals surface area contributed by atoms with Crippen molar-refractivity contribution >= 4 is 40.7 Å². The summed E-state index contributed by atoms with van der Waals surface area (Å²) < 4.78 is 2.03. The van der Waals surface area contributed by atoms with Gasteiger partial charge < -0.3 is 4.57 Å². The molecule has 32 heavy (non-hydrogen) atoms. The van der Waals surface area contributed by atoms with Crippen LogP contribution in [0, 0.1) is 0 Å². The Morgan fingerprint density at radius 1 is 0.750 bits per heavy atom. The Balaban J connectivity index is 1.08. The standard InChI is InChI=1S/C22H36Cl2N8/c23-20-19-21(29-22(24)28-20)25-18-31(19)15-13-11-9-7-5-3-1-2-4-6-8-10-12-14-16-32-27-17-26-30-32/h17-18,30H,1-16H2,(H,26,27)/p+1. The van der Waals surface area contributed by atoms with Gasteiger partial charge in [0.1, 0.15) is 5.52 Å². The second-order valence-electron chi connectivity index (χ2n) is 8.53. The van der Waals surface area contributed by atoms with Crippen LogP contribution in [0.2, 0.25) is 10.4 Å². The van der Waals surface area contributed by atoms with E-state index >= 15 is 0 Å². The summed E-state index contributed by atoms with van der Waals surface area (Å²) in [6.45, 7) is 1.90. The fourth-order valence-corrected chi connectivity index (χ4v) is 4.61. The molecule has 0 saturated heterocycles. The van der Waals surface area contributed by atoms with Crippen molar-refractivity contribution in [1.82, 2.24) is 30.2 Å². The van der Waals surface area contributed by atoms with E-state index in [4.69, 9.17) is 23.2 Å². The van der Waals surface area contributed by atoms with E-state index in [0.717, 1.165) is 25.0 Å². The zero-order chi connectivity index (χ0) is 22.4. The lowest BCUT2D eigenvalue weighted by molar-refractivity contribution is -0.612. The number of halogens is 2. The molecular weight excluding hydrogens is 447 g/mol. The second-order valence-corrected chi connectivity index (χ2v) is 9.22. The number of imidazole rings is 1. The number of nitrogens with zero attached hydrogens (tertiary/aromatic N) is 6. The summed E-state index contributed by atoms with van der Waals surface area (Å²) in [6, 6.07) is 0. The highest BCUT2D eigenvalue weighted by Gasteiger charge is 2.11. The number of hydrogen-bond acceptors (Lipinski definition) is 6. The van der Waals surface area contributed by atoms with Gasteiger partial charge in [0.15, 0.2) is 10.8 Å². The number of hydrazone groups is 1. The lowest BCUT2D eigenvalue weighted by atomic mass is 10.0. The Labute approximate surface area is 201 Å². The maximum atomic E-state index is 6.20. The van der Waals surface area contributed by atoms with Gasteiger partial charge in [-0.15, -0.1) is 5.10 Å². The van der Waals surface area contributed by atoms with E-state index in [0.29, 0.717) is 10.8 Å². The van der Waals surface area contributed by atoms with Crippen LogP contribution < -0.4 is 11.0 Å². The van der Waals surface area contributed by atoms with Crippen molar-refractivity contribution in [3.05, 3.63) is 16.8 Å². The summed E-state index contributed by atoms with van der Waals surface area (Å²) >= 11 is 12.0. The first-order valence-electron chi connectivity index (χ1n) is 12.2. The third-order valence-electron chi connectivity index (χ3n) is 5.93. The molecular formula is C22H37Cl2N8+. The normalized spacial score (nSPS) is 13.6. The van der Waals surface area contributed by atoms with Gasteiger partial charge in [-0.1, -0.05) is 94.2 Å². The zero-order valence-corrected chi connectivity index (χ0v) is 20.5. The molecule has 0 aliphatic carbocycles. The number of hydrogen-bond donors (Lipinski definition) is 2. The molecule has 0 aromatic carbocycles. The molecule has 178 valence electrons. The Kier molecular flexibility index (Phi) is 11.5. The van der Waals surface area contributed by atoms with E-state index in [-0.39, 0.29) is 5.28 Å². The molecule has 0 saturated carbocycles. The van der Waals surface area contributed by atoms with Crippen LogP contribution in [0.4, 0.5) is 0 Å². The number of hydrazine groups is 1. The van der Waals surface area contributed by atoms with Crippen molar-refractivity contribution in [2.75, 3.05) is 6.54 Å². The summed E-state index contributed by atoms with van der Waals surface area (Å²) in [5.74, 6) is 0. The maximum absolute atomic E-state index is 6.20. The Morgan fingerprint density at radius 3 is 1.88 bits per heavy atom. The van der Waals surface area contributed by atoms with Crippen molar-refractivity contribution in [2.24, 2.45) is 5.10 Å². The molecule has 3 heterocycles. The number of nitrogens with one attached hydrogen (secondary N) is 1. The van der Waals surface area contributed by atoms with Crippen LogP contribution in [0.1, 0.15) is 89.9 Å². The van der Waals surface area contributed by atoms with Crippen LogP contribution in [-0.2, 0) is 6.54 Å². The molecule has 8 nitrogen and oxygen atoms in total. The van der Waals surface area contributed by atoms with E-state index in [1.54, 1.807) is 12.7 Å². The number of aryl methyl sites for hydroxylation is 1. The van der Waals surface area contributed by atoms with Gasteiger partial charge in [0.05, 0.1) is 12.9 Å². The zero-order valence-electron chi connectivity index (χ0n) is 19.0. The van der Waals surface area contributed by atoms with Crippen molar-refractivity contribution in [1.29, 1.82) is 0 Å². The molecule has 2 aromatic rings. The lowest BCUT2D eigenvalue weighted by Crippen LogP contribution is -2.91. The van der Waals surface area contributed by atoms with Crippen molar-refractivity contribution in [2.45, 2.75) is 96.4 Å². The van der Waals surface area contributed by atoms with Crippen LogP contribution >= 0.6 is 23.2 Å². The Morgan fingerprint density at radius 2 is 1.31 bits per heavy atom. The number of rotatable bonds is 17. The van der Waals surface area contributed by atoms with Crippen molar-refractivity contribution in [3.63, 3.8) is 0 Å². The van der Waals surface area contributed by atoms with E-state index in [2.05, 4.69) is 25.6 Å². The van der Waals surface area contributed by atoms with E-state index in [9.17, 15) is 0 Å². The number of aromatic nitrogens is 4. The molecule has 1 aliphatic rings. The number of unbranched alkanes of at least 4 members (excludes halogenated alkanes) is 13. The topological polar surface area (TPSA) is 87.8 Å². The molecule has 2 aromatic heterocycles. The first kappa shape index (κ1) is 25.1. The van der Waals surface area contributed by atoms with Crippen LogP contribution in [0.3, 0.4) is 0 Å². The molecule has 0 radical (unpaired) electrons. The minimum atomic E-state index is 0.143. The van der Waals surface area contributed by atoms with E-state index in [1.165, 1.54) is 83.5 Å². The minimum Gasteiger partial charge on any atom is -0.327 e. The van der Waals surface area contributed by atoms with E-state index in [1.807, 2.05) is 15.1 Å². The van der Waals surface area contributed by atoms with Gasteiger partial charge in [-0.05, 0) is 24.4 Å². The van der Waals surface area contributed by atoms with Gasteiger partial charge >= 0.3 is 0 Å². The smallest absolute Gasteiger partial charge is 0.226 e. The molecule has 0 unspecified atom stereocenters. The van der Waals surface area contributed by atoms with Crippen molar-refractivity contribution < 1.29 is 5.43 Å². The van der Waals surface area contributed by atoms with E-state index < -0.39 is 0 Å². The molecule has 0 fully saturated rings. The first-order chi connectivity index (χ1) is 15.7. The van der Waals surface area contributed by atoms with Gasteiger partial charge in [-0.3, -0.25) is 0 Å². The number of quaternary nitrogens is 1. The average molecular weight is 485 g/mol.